The van der Waals surface area contributed by atoms with Crippen molar-refractivity contribution in [2.75, 3.05) is 0 Å². The molecule has 3 heteroatoms. The summed E-state index contributed by atoms with van der Waals surface area (Å²) >= 11 is 0. The van der Waals surface area contributed by atoms with E-state index in [1.807, 2.05) is 42.6 Å². The van der Waals surface area contributed by atoms with Crippen LogP contribution in [0.3, 0.4) is 0 Å². The molecule has 0 saturated carbocycles. The monoisotopic (exact) mass is 265 g/mol. The molecule has 0 unspecified atom stereocenters. The van der Waals surface area contributed by atoms with E-state index in [9.17, 15) is 4.79 Å². The van der Waals surface area contributed by atoms with Crippen molar-refractivity contribution in [3.05, 3.63) is 65.7 Å². The summed E-state index contributed by atoms with van der Waals surface area (Å²) in [5, 5.41) is 0.864. The maximum atomic E-state index is 12.3. The van der Waals surface area contributed by atoms with Crippen molar-refractivity contribution in [3.63, 3.8) is 0 Å². The second-order valence-corrected chi connectivity index (χ2v) is 4.76. The molecule has 2 aromatic heterocycles. The highest BCUT2D eigenvalue weighted by atomic mass is 16.3. The third kappa shape index (κ3) is 2.35. The van der Waals surface area contributed by atoms with Crippen LogP contribution < -0.4 is 0 Å². The van der Waals surface area contributed by atoms with Gasteiger partial charge in [0.15, 0.2) is 5.78 Å². The molecule has 0 amide bonds. The van der Waals surface area contributed by atoms with Crippen LogP contribution in [0.4, 0.5) is 0 Å². The zero-order valence-electron chi connectivity index (χ0n) is 11.3. The van der Waals surface area contributed by atoms with Gasteiger partial charge in [-0.3, -0.25) is 9.78 Å². The highest BCUT2D eigenvalue weighted by molar-refractivity contribution is 6.07. The van der Waals surface area contributed by atoms with E-state index in [0.717, 1.165) is 23.1 Å². The number of carbonyl (C=O) groups excluding carboxylic acids is 1. The van der Waals surface area contributed by atoms with Gasteiger partial charge in [-0.05, 0) is 24.1 Å². The number of hydrogen-bond acceptors (Lipinski definition) is 3. The highest BCUT2D eigenvalue weighted by Gasteiger charge is 2.14. The molecule has 0 aliphatic rings. The normalized spacial score (nSPS) is 10.8. The number of para-hydroxylation sites is 1. The van der Waals surface area contributed by atoms with Crippen molar-refractivity contribution in [3.8, 4) is 0 Å². The van der Waals surface area contributed by atoms with Gasteiger partial charge in [0.2, 0.25) is 0 Å². The summed E-state index contributed by atoms with van der Waals surface area (Å²) < 4.78 is 5.40. The third-order valence-electron chi connectivity index (χ3n) is 3.42. The summed E-state index contributed by atoms with van der Waals surface area (Å²) in [6.45, 7) is 2.08. The fourth-order valence-corrected chi connectivity index (χ4v) is 2.22. The van der Waals surface area contributed by atoms with Gasteiger partial charge < -0.3 is 4.42 Å². The smallest absolute Gasteiger partial charge is 0.172 e. The Bertz CT molecular complexity index is 741. The maximum Gasteiger partial charge on any atom is 0.172 e. The first-order chi connectivity index (χ1) is 9.78. The van der Waals surface area contributed by atoms with Gasteiger partial charge in [0.05, 0.1) is 12.0 Å². The quantitative estimate of drug-likeness (QED) is 0.673. The van der Waals surface area contributed by atoms with Crippen molar-refractivity contribution in [2.45, 2.75) is 19.8 Å². The van der Waals surface area contributed by atoms with Crippen molar-refractivity contribution in [2.24, 2.45) is 0 Å². The lowest BCUT2D eigenvalue weighted by Crippen LogP contribution is -2.04. The third-order valence-corrected chi connectivity index (χ3v) is 3.42. The van der Waals surface area contributed by atoms with E-state index in [1.54, 1.807) is 0 Å². The first-order valence-corrected chi connectivity index (χ1v) is 6.71. The molecule has 0 aliphatic heterocycles. The van der Waals surface area contributed by atoms with Gasteiger partial charge in [0.25, 0.3) is 0 Å². The Hall–Kier alpha value is -2.42. The van der Waals surface area contributed by atoms with E-state index in [1.165, 1.54) is 11.8 Å². The van der Waals surface area contributed by atoms with Gasteiger partial charge in [-0.15, -0.1) is 0 Å². The molecule has 3 nitrogen and oxygen atoms in total. The van der Waals surface area contributed by atoms with Gasteiger partial charge in [-0.25, -0.2) is 0 Å². The van der Waals surface area contributed by atoms with E-state index < -0.39 is 0 Å². The summed E-state index contributed by atoms with van der Waals surface area (Å²) in [6.07, 6.45) is 4.62. The molecule has 0 aliphatic carbocycles. The van der Waals surface area contributed by atoms with E-state index in [2.05, 4.69) is 11.9 Å². The van der Waals surface area contributed by atoms with E-state index in [0.29, 0.717) is 12.0 Å². The number of pyridine rings is 1. The molecule has 0 fully saturated rings. The maximum absolute atomic E-state index is 12.3. The average Bonchev–Trinajstić information content (AvgIpc) is 2.92. The number of carbonyl (C=O) groups is 1. The van der Waals surface area contributed by atoms with Crippen LogP contribution in [0.5, 0.6) is 0 Å². The molecule has 2 heterocycles. The molecule has 0 spiro atoms. The van der Waals surface area contributed by atoms with E-state index >= 15 is 0 Å². The average molecular weight is 265 g/mol. The van der Waals surface area contributed by atoms with Gasteiger partial charge >= 0.3 is 0 Å². The Balaban J connectivity index is 1.85. The Morgan fingerprint density at radius 3 is 2.80 bits per heavy atom. The summed E-state index contributed by atoms with van der Waals surface area (Å²) in [4.78, 5) is 16.7. The van der Waals surface area contributed by atoms with Gasteiger partial charge in [0.1, 0.15) is 11.8 Å². The van der Waals surface area contributed by atoms with Crippen LogP contribution in [0.2, 0.25) is 0 Å². The second kappa shape index (κ2) is 5.29. The molecule has 0 atom stereocenters. The van der Waals surface area contributed by atoms with E-state index in [4.69, 9.17) is 4.42 Å². The molecule has 20 heavy (non-hydrogen) atoms. The minimum atomic E-state index is 0.0340. The number of benzene rings is 1. The lowest BCUT2D eigenvalue weighted by molar-refractivity contribution is 0.0992. The number of Topliss-reactive ketones (excluding diaryl/α,β-unsaturated/α-hetero) is 1. The number of nitrogens with zero attached hydrogens (tertiary/aromatic N) is 1. The second-order valence-electron chi connectivity index (χ2n) is 4.76. The number of aryl methyl sites for hydroxylation is 1. The molecule has 0 radical (unpaired) electrons. The Morgan fingerprint density at radius 1 is 1.20 bits per heavy atom. The van der Waals surface area contributed by atoms with Crippen LogP contribution in [-0.4, -0.2) is 10.8 Å². The van der Waals surface area contributed by atoms with Crippen molar-refractivity contribution in [1.82, 2.24) is 4.98 Å². The number of rotatable bonds is 4. The number of aromatic nitrogens is 1. The van der Waals surface area contributed by atoms with Crippen LogP contribution in [0.1, 0.15) is 28.5 Å². The summed E-state index contributed by atoms with van der Waals surface area (Å²) in [6, 6.07) is 11.5. The standard InChI is InChI=1S/C17H15NO2/c1-2-12-7-8-13(18-10-12)9-16(19)15-11-20-17-6-4-3-5-14(15)17/h3-8,10-11H,2,9H2,1H3. The molecule has 3 aromatic rings. The molecule has 0 saturated heterocycles. The predicted molar refractivity (Wildman–Crippen MR) is 77.9 cm³/mol. The number of fused-ring (bicyclic) bond motifs is 1. The fraction of sp³-hybridized carbons (Fsp3) is 0.176. The molecule has 1 aromatic carbocycles. The fourth-order valence-electron chi connectivity index (χ4n) is 2.22. The van der Waals surface area contributed by atoms with Crippen LogP contribution in [0.25, 0.3) is 11.0 Å². The molecule has 0 N–H and O–H groups in total. The summed E-state index contributed by atoms with van der Waals surface area (Å²) in [5.74, 6) is 0.0340. The zero-order valence-corrected chi connectivity index (χ0v) is 11.3. The van der Waals surface area contributed by atoms with Crippen molar-refractivity contribution in [1.29, 1.82) is 0 Å². The van der Waals surface area contributed by atoms with Crippen molar-refractivity contribution < 1.29 is 9.21 Å². The summed E-state index contributed by atoms with van der Waals surface area (Å²) in [7, 11) is 0. The summed E-state index contributed by atoms with van der Waals surface area (Å²) in [5.41, 5.74) is 3.33. The van der Waals surface area contributed by atoms with Gasteiger partial charge in [-0.1, -0.05) is 31.2 Å². The van der Waals surface area contributed by atoms with E-state index in [-0.39, 0.29) is 5.78 Å². The van der Waals surface area contributed by atoms with Gasteiger partial charge in [0, 0.05) is 17.3 Å². The Kier molecular flexibility index (Phi) is 3.33. The Labute approximate surface area is 117 Å². The van der Waals surface area contributed by atoms with Crippen LogP contribution in [0, 0.1) is 0 Å². The lowest BCUT2D eigenvalue weighted by atomic mass is 10.0. The minimum Gasteiger partial charge on any atom is -0.464 e. The molecule has 3 rings (SSSR count). The van der Waals surface area contributed by atoms with Gasteiger partial charge in [-0.2, -0.15) is 0 Å². The van der Waals surface area contributed by atoms with Crippen LogP contribution in [0.15, 0.2) is 53.3 Å². The SMILES string of the molecule is CCc1ccc(CC(=O)c2coc3ccccc23)nc1. The van der Waals surface area contributed by atoms with Crippen LogP contribution >= 0.6 is 0 Å². The van der Waals surface area contributed by atoms with Crippen molar-refractivity contribution >= 4 is 16.8 Å². The minimum absolute atomic E-state index is 0.0340. The first-order valence-electron chi connectivity index (χ1n) is 6.71. The molecular weight excluding hydrogens is 250 g/mol. The number of hydrogen-bond donors (Lipinski definition) is 0. The molecule has 0 bridgehead atoms. The molecule has 100 valence electrons. The first kappa shape index (κ1) is 12.6. The highest BCUT2D eigenvalue weighted by Crippen LogP contribution is 2.22. The molecular formula is C17H15NO2. The predicted octanol–water partition coefficient (Wildman–Crippen LogP) is 3.82. The zero-order chi connectivity index (χ0) is 13.9. The largest absolute Gasteiger partial charge is 0.464 e. The topological polar surface area (TPSA) is 43.1 Å². The Morgan fingerprint density at radius 2 is 2.05 bits per heavy atom. The van der Waals surface area contributed by atoms with Crippen LogP contribution in [-0.2, 0) is 12.8 Å². The number of furan rings is 1. The lowest BCUT2D eigenvalue weighted by Gasteiger charge is -2.01. The number of ketones is 1.